The van der Waals surface area contributed by atoms with Gasteiger partial charge in [-0.1, -0.05) is 29.8 Å². The predicted molar refractivity (Wildman–Crippen MR) is 130 cm³/mol. The maximum atomic E-state index is 12.4. The fraction of sp³-hybridized carbons (Fsp3) is 0.400. The van der Waals surface area contributed by atoms with Crippen molar-refractivity contribution in [2.45, 2.75) is 35.7 Å². The Bertz CT molecular complexity index is 1360. The molecule has 2 aromatic carbocycles. The molecule has 3 unspecified atom stereocenters. The van der Waals surface area contributed by atoms with Crippen LogP contribution in [0.5, 0.6) is 5.75 Å². The third-order valence-electron chi connectivity index (χ3n) is 7.70. The summed E-state index contributed by atoms with van der Waals surface area (Å²) in [5, 5.41) is 4.69. The summed E-state index contributed by atoms with van der Waals surface area (Å²) in [7, 11) is 0.300. The second-order valence-corrected chi connectivity index (χ2v) is 11.9. The molecule has 178 valence electrons. The number of likely N-dealkylation sites (tertiary alicyclic amines) is 1. The highest BCUT2D eigenvalue weighted by Gasteiger charge is 2.84. The first kappa shape index (κ1) is 22.1. The molecule has 2 heterocycles. The van der Waals surface area contributed by atoms with Gasteiger partial charge in [0.15, 0.2) is 0 Å². The van der Waals surface area contributed by atoms with E-state index in [0.29, 0.717) is 23.4 Å². The lowest BCUT2D eigenvalue weighted by Gasteiger charge is -2.29. The lowest BCUT2D eigenvalue weighted by atomic mass is 9.81. The van der Waals surface area contributed by atoms with Gasteiger partial charge in [0.05, 0.1) is 6.20 Å². The largest absolute Gasteiger partial charge is 0.492 e. The van der Waals surface area contributed by atoms with Crippen LogP contribution in [0.3, 0.4) is 0 Å². The van der Waals surface area contributed by atoms with Gasteiger partial charge >= 0.3 is 0 Å². The van der Waals surface area contributed by atoms with Crippen LogP contribution in [0.15, 0.2) is 59.8 Å². The minimum absolute atomic E-state index is 0.148. The Labute approximate surface area is 204 Å². The number of hydrogen-bond donors (Lipinski definition) is 1. The summed E-state index contributed by atoms with van der Waals surface area (Å²) in [6.07, 6.45) is 4.88. The van der Waals surface area contributed by atoms with Crippen molar-refractivity contribution < 1.29 is 13.2 Å². The molecule has 7 nitrogen and oxygen atoms in total. The zero-order chi connectivity index (χ0) is 23.7. The van der Waals surface area contributed by atoms with E-state index >= 15 is 0 Å². The fourth-order valence-electron chi connectivity index (χ4n) is 6.11. The molecule has 1 aromatic heterocycles. The topological polar surface area (TPSA) is 76.2 Å². The quantitative estimate of drug-likeness (QED) is 0.381. The van der Waals surface area contributed by atoms with Crippen LogP contribution in [0.2, 0.25) is 5.02 Å². The number of aromatic nitrogens is 2. The Kier molecular flexibility index (Phi) is 5.08. The van der Waals surface area contributed by atoms with E-state index in [4.69, 9.17) is 16.3 Å². The minimum Gasteiger partial charge on any atom is -0.492 e. The van der Waals surface area contributed by atoms with E-state index in [1.54, 1.807) is 7.05 Å². The third-order valence-corrected chi connectivity index (χ3v) is 9.35. The number of ether oxygens (including phenoxy) is 1. The predicted octanol–water partition coefficient (Wildman–Crippen LogP) is 3.00. The van der Waals surface area contributed by atoms with E-state index in [0.717, 1.165) is 23.6 Å². The van der Waals surface area contributed by atoms with Crippen LogP contribution in [-0.2, 0) is 29.9 Å². The number of hydrogen-bond acceptors (Lipinski definition) is 5. The van der Waals surface area contributed by atoms with Crippen LogP contribution >= 0.6 is 11.6 Å². The smallest absolute Gasteiger partial charge is 0.243 e. The fourth-order valence-corrected chi connectivity index (χ4v) is 7.32. The van der Waals surface area contributed by atoms with Gasteiger partial charge in [0.1, 0.15) is 17.3 Å². The van der Waals surface area contributed by atoms with Crippen molar-refractivity contribution in [2.24, 2.45) is 12.5 Å². The van der Waals surface area contributed by atoms with Gasteiger partial charge in [-0.05, 0) is 66.8 Å². The molecule has 0 radical (unpaired) electrons. The minimum atomic E-state index is -3.59. The van der Waals surface area contributed by atoms with Crippen molar-refractivity contribution in [3.63, 3.8) is 0 Å². The highest BCUT2D eigenvalue weighted by atomic mass is 35.5. The lowest BCUT2D eigenvalue weighted by Crippen LogP contribution is -2.31. The molecule has 0 bridgehead atoms. The molecule has 6 rings (SSSR count). The molecule has 0 amide bonds. The molecule has 1 saturated carbocycles. The average molecular weight is 499 g/mol. The third kappa shape index (κ3) is 3.55. The standard InChI is InChI=1S/C25H27ClN4O3S/c1-29-15-20(14-27-29)34(31,32)28-8-9-33-19-7-6-17-13-25(23-24(25)30(23)2)22(21(17)12-19)11-16-4-3-5-18(26)10-16/h3-7,10,12,14-15,22-24,28H,8-9,11,13H2,1-2H3. The van der Waals surface area contributed by atoms with Crippen LogP contribution in [0.25, 0.3) is 0 Å². The number of nitrogens with one attached hydrogen (secondary N) is 1. The van der Waals surface area contributed by atoms with E-state index in [9.17, 15) is 8.42 Å². The van der Waals surface area contributed by atoms with E-state index < -0.39 is 10.0 Å². The maximum Gasteiger partial charge on any atom is 0.243 e. The molecule has 3 atom stereocenters. The summed E-state index contributed by atoms with van der Waals surface area (Å²) in [5.41, 5.74) is 4.35. The van der Waals surface area contributed by atoms with Gasteiger partial charge in [-0.3, -0.25) is 9.58 Å². The number of benzene rings is 2. The first-order chi connectivity index (χ1) is 16.3. The second-order valence-electron chi connectivity index (χ2n) is 9.69. The van der Waals surface area contributed by atoms with Crippen molar-refractivity contribution >= 4 is 21.6 Å². The summed E-state index contributed by atoms with van der Waals surface area (Å²) in [6, 6.07) is 15.9. The molecule has 2 aliphatic carbocycles. The average Bonchev–Trinajstić information content (AvgIpc) is 3.55. The van der Waals surface area contributed by atoms with Crippen molar-refractivity contribution in [2.75, 3.05) is 20.2 Å². The molecule has 1 N–H and O–H groups in total. The molecule has 1 saturated heterocycles. The summed E-state index contributed by atoms with van der Waals surface area (Å²) < 4.78 is 34.7. The van der Waals surface area contributed by atoms with Gasteiger partial charge in [-0.15, -0.1) is 0 Å². The maximum absolute atomic E-state index is 12.4. The highest BCUT2D eigenvalue weighted by molar-refractivity contribution is 7.89. The van der Waals surface area contributed by atoms with Crippen LogP contribution in [0.4, 0.5) is 0 Å². The lowest BCUT2D eigenvalue weighted by molar-refractivity contribution is 0.226. The summed E-state index contributed by atoms with van der Waals surface area (Å²) >= 11 is 6.26. The molecule has 2 fully saturated rings. The highest BCUT2D eigenvalue weighted by Crippen LogP contribution is 2.76. The van der Waals surface area contributed by atoms with E-state index in [2.05, 4.69) is 46.0 Å². The Hall–Kier alpha value is -2.39. The Morgan fingerprint density at radius 1 is 1.21 bits per heavy atom. The molecule has 1 spiro atoms. The summed E-state index contributed by atoms with van der Waals surface area (Å²) in [5.74, 6) is 1.20. The van der Waals surface area contributed by atoms with Gasteiger partial charge in [0, 0.05) is 42.3 Å². The Morgan fingerprint density at radius 2 is 2.03 bits per heavy atom. The number of rotatable bonds is 8. The monoisotopic (exact) mass is 498 g/mol. The van der Waals surface area contributed by atoms with Gasteiger partial charge in [0.25, 0.3) is 0 Å². The summed E-state index contributed by atoms with van der Waals surface area (Å²) in [4.78, 5) is 2.61. The first-order valence-electron chi connectivity index (χ1n) is 11.5. The van der Waals surface area contributed by atoms with Crippen LogP contribution in [-0.4, -0.2) is 55.4 Å². The van der Waals surface area contributed by atoms with Crippen molar-refractivity contribution in [3.05, 3.63) is 76.6 Å². The summed E-state index contributed by atoms with van der Waals surface area (Å²) in [6.45, 7) is 0.426. The molecular weight excluding hydrogens is 472 g/mol. The van der Waals surface area contributed by atoms with Crippen LogP contribution in [0, 0.1) is 5.41 Å². The first-order valence-corrected chi connectivity index (χ1v) is 13.4. The number of sulfonamides is 1. The van der Waals surface area contributed by atoms with Crippen molar-refractivity contribution in [1.29, 1.82) is 0 Å². The SMILES string of the molecule is CN1C2C1C21Cc2ccc(OCCNS(=O)(=O)c3cnn(C)c3)cc2C1Cc1cccc(Cl)c1. The zero-order valence-electron chi connectivity index (χ0n) is 19.1. The molecule has 3 aromatic rings. The number of halogens is 1. The zero-order valence-corrected chi connectivity index (χ0v) is 20.7. The molecule has 3 aliphatic rings. The molecule has 1 aliphatic heterocycles. The van der Waals surface area contributed by atoms with Crippen LogP contribution < -0.4 is 9.46 Å². The van der Waals surface area contributed by atoms with Crippen molar-refractivity contribution in [1.82, 2.24) is 19.4 Å². The van der Waals surface area contributed by atoms with Gasteiger partial charge < -0.3 is 4.74 Å². The van der Waals surface area contributed by atoms with E-state index in [1.165, 1.54) is 33.8 Å². The number of aryl methyl sites for hydroxylation is 1. The van der Waals surface area contributed by atoms with Crippen LogP contribution in [0.1, 0.15) is 22.6 Å². The van der Waals surface area contributed by atoms with Crippen molar-refractivity contribution in [3.8, 4) is 5.75 Å². The second kappa shape index (κ2) is 7.81. The van der Waals surface area contributed by atoms with E-state index in [1.807, 2.05) is 18.2 Å². The number of likely N-dealkylation sites (N-methyl/N-ethyl adjacent to an activating group) is 1. The number of nitrogens with zero attached hydrogens (tertiary/aromatic N) is 3. The van der Waals surface area contributed by atoms with Gasteiger partial charge in [-0.2, -0.15) is 5.10 Å². The number of fused-ring (bicyclic) bond motifs is 4. The normalized spacial score (nSPS) is 28.6. The molecular formula is C25H27ClN4O3S. The van der Waals surface area contributed by atoms with Gasteiger partial charge in [-0.25, -0.2) is 13.1 Å². The van der Waals surface area contributed by atoms with E-state index in [-0.39, 0.29) is 18.0 Å². The van der Waals surface area contributed by atoms with Gasteiger partial charge in [0.2, 0.25) is 10.0 Å². The Balaban J connectivity index is 1.15. The Morgan fingerprint density at radius 3 is 2.74 bits per heavy atom. The molecule has 9 heteroatoms. The molecule has 34 heavy (non-hydrogen) atoms.